The summed E-state index contributed by atoms with van der Waals surface area (Å²) in [5, 5.41) is 1.52. The van der Waals surface area contributed by atoms with Crippen LogP contribution in [0.2, 0.25) is 26.4 Å². The van der Waals surface area contributed by atoms with Crippen LogP contribution in [0, 0.1) is 0 Å². The molecule has 3 heteroatoms. The van der Waals surface area contributed by atoms with Gasteiger partial charge in [-0.2, -0.15) is 0 Å². The quantitative estimate of drug-likeness (QED) is 0.273. The minimum absolute atomic E-state index is 0.963. The SMILES string of the molecule is CCC[CH2][Sn](/[CH]=C/[Si](C)(C)c1ccc(OC)cc1)([CH2]CCC)[CH2]CCC. The van der Waals surface area contributed by atoms with Gasteiger partial charge in [-0.25, -0.2) is 0 Å². The van der Waals surface area contributed by atoms with Crippen molar-refractivity contribution in [1.82, 2.24) is 0 Å². The van der Waals surface area contributed by atoms with E-state index in [0.717, 1.165) is 5.75 Å². The molecule has 1 aromatic carbocycles. The molecular formula is C23H42OSiSn. The normalized spacial score (nSPS) is 12.7. The Bertz CT molecular complexity index is 500. The van der Waals surface area contributed by atoms with E-state index in [1.54, 1.807) is 20.4 Å². The van der Waals surface area contributed by atoms with Gasteiger partial charge in [-0.3, -0.25) is 0 Å². The van der Waals surface area contributed by atoms with E-state index >= 15 is 0 Å². The number of methoxy groups -OCH3 is 1. The standard InChI is InChI=1S/C11H15OSi.3C4H9.Sn/c1-5-13(3,4)11-8-6-10(12-2)7-9-11;3*1-3-4-2;/h1,5-9H,2-4H3;3*1,3-4H2,2H3;. The summed E-state index contributed by atoms with van der Waals surface area (Å²) in [6.07, 6.45) is 8.38. The molecule has 0 saturated heterocycles. The number of benzene rings is 1. The van der Waals surface area contributed by atoms with Crippen molar-refractivity contribution in [3.63, 3.8) is 0 Å². The van der Waals surface area contributed by atoms with E-state index in [1.807, 2.05) is 0 Å². The van der Waals surface area contributed by atoms with Gasteiger partial charge in [-0.05, 0) is 0 Å². The van der Waals surface area contributed by atoms with Gasteiger partial charge in [0.2, 0.25) is 0 Å². The molecule has 0 heterocycles. The third kappa shape index (κ3) is 7.80. The maximum atomic E-state index is 5.34. The van der Waals surface area contributed by atoms with Crippen molar-refractivity contribution < 1.29 is 4.74 Å². The first kappa shape index (κ1) is 23.8. The minimum atomic E-state index is -2.16. The van der Waals surface area contributed by atoms with Gasteiger partial charge >= 0.3 is 169 Å². The Kier molecular flexibility index (Phi) is 11.2. The fraction of sp³-hybridized carbons (Fsp3) is 0.652. The Morgan fingerprint density at radius 1 is 0.846 bits per heavy atom. The van der Waals surface area contributed by atoms with E-state index in [-0.39, 0.29) is 0 Å². The summed E-state index contributed by atoms with van der Waals surface area (Å²) in [5.41, 5.74) is 2.71. The monoisotopic (exact) mass is 482 g/mol. The zero-order valence-corrected chi connectivity index (χ0v) is 22.1. The molecule has 1 aromatic rings. The molecule has 0 saturated carbocycles. The van der Waals surface area contributed by atoms with E-state index < -0.39 is 26.5 Å². The van der Waals surface area contributed by atoms with Gasteiger partial charge in [-0.1, -0.05) is 0 Å². The van der Waals surface area contributed by atoms with Crippen LogP contribution in [-0.2, 0) is 0 Å². The van der Waals surface area contributed by atoms with Gasteiger partial charge in [0, 0.05) is 0 Å². The van der Waals surface area contributed by atoms with Crippen LogP contribution in [0.4, 0.5) is 0 Å². The molecule has 0 fully saturated rings. The number of hydrogen-bond acceptors (Lipinski definition) is 1. The van der Waals surface area contributed by atoms with Crippen LogP contribution >= 0.6 is 0 Å². The van der Waals surface area contributed by atoms with Crippen molar-refractivity contribution in [3.05, 3.63) is 34.1 Å². The second kappa shape index (κ2) is 12.3. The van der Waals surface area contributed by atoms with E-state index in [1.165, 1.54) is 43.7 Å². The van der Waals surface area contributed by atoms with Crippen molar-refractivity contribution in [1.29, 1.82) is 0 Å². The predicted octanol–water partition coefficient (Wildman–Crippen LogP) is 7.09. The predicted molar refractivity (Wildman–Crippen MR) is 124 cm³/mol. The Hall–Kier alpha value is -0.224. The molecule has 0 N–H and O–H groups in total. The van der Waals surface area contributed by atoms with Crippen LogP contribution < -0.4 is 9.92 Å². The first-order chi connectivity index (χ1) is 12.4. The summed E-state index contributed by atoms with van der Waals surface area (Å²) < 4.78 is 12.9. The zero-order valence-electron chi connectivity index (χ0n) is 18.2. The maximum absolute atomic E-state index is 5.34. The molecular weight excluding hydrogens is 439 g/mol. The summed E-state index contributed by atoms with van der Waals surface area (Å²) in [7, 11) is 0.219. The average Bonchev–Trinajstić information content (AvgIpc) is 2.67. The van der Waals surface area contributed by atoms with Crippen LogP contribution in [0.5, 0.6) is 5.75 Å². The number of hydrogen-bond donors (Lipinski definition) is 0. The molecule has 0 aromatic heterocycles. The van der Waals surface area contributed by atoms with E-state index in [9.17, 15) is 0 Å². The second-order valence-electron chi connectivity index (χ2n) is 8.46. The molecule has 0 atom stereocenters. The van der Waals surface area contributed by atoms with Crippen LogP contribution in [-0.4, -0.2) is 33.6 Å². The molecule has 0 amide bonds. The second-order valence-corrected chi connectivity index (χ2v) is 25.8. The van der Waals surface area contributed by atoms with Gasteiger partial charge in [-0.15, -0.1) is 0 Å². The van der Waals surface area contributed by atoms with Gasteiger partial charge in [0.05, 0.1) is 0 Å². The molecule has 0 aliphatic rings. The molecule has 0 unspecified atom stereocenters. The van der Waals surface area contributed by atoms with Gasteiger partial charge in [0.15, 0.2) is 0 Å². The first-order valence-corrected chi connectivity index (χ1v) is 21.6. The van der Waals surface area contributed by atoms with Crippen LogP contribution in [0.3, 0.4) is 0 Å². The zero-order chi connectivity index (χ0) is 19.5. The molecule has 0 aliphatic carbocycles. The van der Waals surface area contributed by atoms with E-state index in [0.29, 0.717) is 0 Å². The Balaban J connectivity index is 3.05. The molecule has 0 bridgehead atoms. The Morgan fingerprint density at radius 3 is 1.69 bits per heavy atom. The number of rotatable bonds is 13. The average molecular weight is 481 g/mol. The third-order valence-electron chi connectivity index (χ3n) is 5.77. The third-order valence-corrected chi connectivity index (χ3v) is 23.6. The van der Waals surface area contributed by atoms with Crippen molar-refractivity contribution in [3.8, 4) is 5.75 Å². The van der Waals surface area contributed by atoms with Crippen molar-refractivity contribution in [2.75, 3.05) is 7.11 Å². The molecule has 1 rings (SSSR count). The molecule has 0 aliphatic heterocycles. The topological polar surface area (TPSA) is 9.23 Å². The van der Waals surface area contributed by atoms with Crippen molar-refractivity contribution in [2.24, 2.45) is 0 Å². The number of ether oxygens (including phenoxy) is 1. The van der Waals surface area contributed by atoms with Crippen LogP contribution in [0.15, 0.2) is 34.1 Å². The van der Waals surface area contributed by atoms with Crippen LogP contribution in [0.1, 0.15) is 59.3 Å². The summed E-state index contributed by atoms with van der Waals surface area (Å²) in [6.45, 7) is 12.1. The Morgan fingerprint density at radius 2 is 1.31 bits per heavy atom. The molecule has 0 radical (unpaired) electrons. The molecule has 26 heavy (non-hydrogen) atoms. The molecule has 0 spiro atoms. The van der Waals surface area contributed by atoms with Gasteiger partial charge < -0.3 is 0 Å². The summed E-state index contributed by atoms with van der Waals surface area (Å²) in [4.78, 5) is 0. The van der Waals surface area contributed by atoms with Crippen molar-refractivity contribution in [2.45, 2.75) is 85.7 Å². The molecule has 148 valence electrons. The fourth-order valence-corrected chi connectivity index (χ4v) is 24.9. The summed E-state index contributed by atoms with van der Waals surface area (Å²) in [5.74, 6) is 0.963. The van der Waals surface area contributed by atoms with Crippen LogP contribution in [0.25, 0.3) is 0 Å². The summed E-state index contributed by atoms with van der Waals surface area (Å²) >= 11 is -2.16. The van der Waals surface area contributed by atoms with E-state index in [4.69, 9.17) is 4.74 Å². The van der Waals surface area contributed by atoms with Crippen molar-refractivity contribution >= 4 is 31.6 Å². The van der Waals surface area contributed by atoms with Gasteiger partial charge in [0.1, 0.15) is 0 Å². The summed E-state index contributed by atoms with van der Waals surface area (Å²) in [6, 6.07) is 8.83. The fourth-order valence-electron chi connectivity index (χ4n) is 3.71. The first-order valence-electron chi connectivity index (χ1n) is 10.8. The number of unbranched alkanes of at least 4 members (excludes halogenated alkanes) is 3. The Labute approximate surface area is 168 Å². The van der Waals surface area contributed by atoms with Gasteiger partial charge in [0.25, 0.3) is 0 Å². The molecule has 1 nitrogen and oxygen atoms in total. The van der Waals surface area contributed by atoms with E-state index in [2.05, 4.69) is 67.9 Å².